The lowest BCUT2D eigenvalue weighted by atomic mass is 10.2. The molecular formula is C15H12OS. The molecule has 0 saturated carbocycles. The maximum Gasteiger partial charge on any atom is 0.0854 e. The highest BCUT2D eigenvalue weighted by Gasteiger charge is 1.95. The Kier molecular flexibility index (Phi) is 4.09. The Labute approximate surface area is 104 Å². The smallest absolute Gasteiger partial charge is 0.0854 e. The zero-order valence-corrected chi connectivity index (χ0v) is 10.1. The lowest BCUT2D eigenvalue weighted by Gasteiger charge is -1.92. The van der Waals surface area contributed by atoms with Crippen LogP contribution in [0.15, 0.2) is 76.7 Å². The van der Waals surface area contributed by atoms with E-state index in [9.17, 15) is 4.21 Å². The van der Waals surface area contributed by atoms with Crippen LogP contribution in [-0.2, 0) is 10.8 Å². The van der Waals surface area contributed by atoms with E-state index in [4.69, 9.17) is 0 Å². The van der Waals surface area contributed by atoms with Crippen LogP contribution in [0.5, 0.6) is 0 Å². The van der Waals surface area contributed by atoms with Crippen LogP contribution >= 0.6 is 0 Å². The first-order valence-corrected chi connectivity index (χ1v) is 6.51. The summed E-state index contributed by atoms with van der Waals surface area (Å²) >= 11 is 0. The Morgan fingerprint density at radius 3 is 2.12 bits per heavy atom. The van der Waals surface area contributed by atoms with Crippen molar-refractivity contribution in [3.05, 3.63) is 77.4 Å². The summed E-state index contributed by atoms with van der Waals surface area (Å²) in [6.07, 6.45) is 1.82. The summed E-state index contributed by atoms with van der Waals surface area (Å²) < 4.78 is 11.8. The molecule has 2 rings (SSSR count). The van der Waals surface area contributed by atoms with Crippen LogP contribution in [-0.4, -0.2) is 4.21 Å². The summed E-state index contributed by atoms with van der Waals surface area (Å²) in [7, 11) is -1.12. The predicted molar refractivity (Wildman–Crippen MR) is 71.8 cm³/mol. The van der Waals surface area contributed by atoms with Gasteiger partial charge in [-0.15, -0.1) is 5.73 Å². The third-order valence-corrected chi connectivity index (χ3v) is 3.29. The second kappa shape index (κ2) is 6.00. The summed E-state index contributed by atoms with van der Waals surface area (Å²) in [6.45, 7) is 0. The van der Waals surface area contributed by atoms with Gasteiger partial charge < -0.3 is 0 Å². The van der Waals surface area contributed by atoms with Gasteiger partial charge in [-0.3, -0.25) is 0 Å². The fraction of sp³-hybridized carbons (Fsp3) is 0. The molecule has 0 aliphatic heterocycles. The average molecular weight is 240 g/mol. The van der Waals surface area contributed by atoms with E-state index in [1.165, 1.54) is 0 Å². The molecule has 0 saturated heterocycles. The summed E-state index contributed by atoms with van der Waals surface area (Å²) in [5.74, 6) is 0. The molecule has 0 aliphatic carbocycles. The minimum Gasteiger partial charge on any atom is -0.249 e. The molecular weight excluding hydrogens is 228 g/mol. The Bertz CT molecular complexity index is 552. The van der Waals surface area contributed by atoms with Gasteiger partial charge in [0.2, 0.25) is 0 Å². The van der Waals surface area contributed by atoms with Crippen LogP contribution in [0.3, 0.4) is 0 Å². The van der Waals surface area contributed by atoms with Gasteiger partial charge in [0.25, 0.3) is 0 Å². The van der Waals surface area contributed by atoms with Gasteiger partial charge in [0.15, 0.2) is 0 Å². The number of benzene rings is 2. The van der Waals surface area contributed by atoms with Crippen LogP contribution in [0.25, 0.3) is 6.08 Å². The van der Waals surface area contributed by atoms with E-state index in [0.29, 0.717) is 0 Å². The maximum atomic E-state index is 11.8. The normalized spacial score (nSPS) is 11.3. The third kappa shape index (κ3) is 3.56. The second-order valence-electron chi connectivity index (χ2n) is 3.45. The quantitative estimate of drug-likeness (QED) is 0.749. The highest BCUT2D eigenvalue weighted by Crippen LogP contribution is 2.06. The monoisotopic (exact) mass is 240 g/mol. The van der Waals surface area contributed by atoms with Crippen LogP contribution in [0.4, 0.5) is 0 Å². The number of rotatable bonds is 3. The van der Waals surface area contributed by atoms with Crippen molar-refractivity contribution < 1.29 is 4.21 Å². The van der Waals surface area contributed by atoms with Crippen LogP contribution in [0.2, 0.25) is 0 Å². The molecule has 2 aromatic carbocycles. The van der Waals surface area contributed by atoms with Crippen molar-refractivity contribution in [2.45, 2.75) is 4.90 Å². The first-order valence-electron chi connectivity index (χ1n) is 5.29. The molecule has 0 heterocycles. The van der Waals surface area contributed by atoms with E-state index in [1.54, 1.807) is 5.41 Å². The first-order chi connectivity index (χ1) is 8.36. The molecule has 1 atom stereocenters. The summed E-state index contributed by atoms with van der Waals surface area (Å²) in [6, 6.07) is 19.2. The molecule has 0 aromatic heterocycles. The fourth-order valence-corrected chi connectivity index (χ4v) is 2.12. The molecule has 1 nitrogen and oxygen atoms in total. The van der Waals surface area contributed by atoms with Gasteiger partial charge in [0, 0.05) is 10.3 Å². The zero-order valence-electron chi connectivity index (χ0n) is 9.24. The van der Waals surface area contributed by atoms with E-state index < -0.39 is 10.8 Å². The van der Waals surface area contributed by atoms with Crippen molar-refractivity contribution in [1.82, 2.24) is 0 Å². The van der Waals surface area contributed by atoms with Gasteiger partial charge in [-0.1, -0.05) is 48.5 Å². The SMILES string of the molecule is O=S(C=C=Cc1ccccc1)c1ccccc1. The highest BCUT2D eigenvalue weighted by molar-refractivity contribution is 7.88. The molecule has 0 N–H and O–H groups in total. The largest absolute Gasteiger partial charge is 0.249 e. The van der Waals surface area contributed by atoms with Gasteiger partial charge in [0.1, 0.15) is 0 Å². The second-order valence-corrected chi connectivity index (χ2v) is 4.75. The van der Waals surface area contributed by atoms with Crippen molar-refractivity contribution in [1.29, 1.82) is 0 Å². The third-order valence-electron chi connectivity index (χ3n) is 2.20. The molecule has 84 valence electrons. The molecule has 1 unspecified atom stereocenters. The van der Waals surface area contributed by atoms with Gasteiger partial charge in [-0.25, -0.2) is 4.21 Å². The molecule has 0 fully saturated rings. The lowest BCUT2D eigenvalue weighted by molar-refractivity contribution is 0.688. The van der Waals surface area contributed by atoms with E-state index in [2.05, 4.69) is 5.73 Å². The Balaban J connectivity index is 2.12. The van der Waals surface area contributed by atoms with Crippen LogP contribution in [0, 0.1) is 0 Å². The van der Waals surface area contributed by atoms with E-state index in [-0.39, 0.29) is 0 Å². The Hall–Kier alpha value is -1.89. The zero-order chi connectivity index (χ0) is 11.9. The minimum atomic E-state index is -1.12. The van der Waals surface area contributed by atoms with E-state index >= 15 is 0 Å². The van der Waals surface area contributed by atoms with Crippen molar-refractivity contribution in [3.63, 3.8) is 0 Å². The van der Waals surface area contributed by atoms with Crippen LogP contribution < -0.4 is 0 Å². The standard InChI is InChI=1S/C15H12OS/c16-17(15-11-5-2-6-12-15)13-7-10-14-8-3-1-4-9-14/h1-6,8-13H. The van der Waals surface area contributed by atoms with Crippen molar-refractivity contribution in [2.24, 2.45) is 0 Å². The Morgan fingerprint density at radius 2 is 1.47 bits per heavy atom. The van der Waals surface area contributed by atoms with Gasteiger partial charge in [-0.05, 0) is 23.8 Å². The molecule has 0 radical (unpaired) electrons. The minimum absolute atomic E-state index is 0.793. The number of hydrogen-bond acceptors (Lipinski definition) is 1. The topological polar surface area (TPSA) is 17.1 Å². The highest BCUT2D eigenvalue weighted by atomic mass is 32.2. The summed E-state index contributed by atoms with van der Waals surface area (Å²) in [5.41, 5.74) is 4.00. The maximum absolute atomic E-state index is 11.8. The van der Waals surface area contributed by atoms with Crippen molar-refractivity contribution in [3.8, 4) is 0 Å². The molecule has 0 spiro atoms. The van der Waals surface area contributed by atoms with Crippen LogP contribution in [0.1, 0.15) is 5.56 Å². The van der Waals surface area contributed by atoms with Crippen molar-refractivity contribution >= 4 is 16.9 Å². The predicted octanol–water partition coefficient (Wildman–Crippen LogP) is 3.62. The summed E-state index contributed by atoms with van der Waals surface area (Å²) in [5, 5.41) is 1.57. The molecule has 2 aromatic rings. The molecule has 17 heavy (non-hydrogen) atoms. The Morgan fingerprint density at radius 1 is 0.882 bits per heavy atom. The average Bonchev–Trinajstić information content (AvgIpc) is 2.41. The van der Waals surface area contributed by atoms with Gasteiger partial charge >= 0.3 is 0 Å². The summed E-state index contributed by atoms with van der Waals surface area (Å²) in [4.78, 5) is 0.793. The van der Waals surface area contributed by atoms with Crippen molar-refractivity contribution in [2.75, 3.05) is 0 Å². The molecule has 0 aliphatic rings. The van der Waals surface area contributed by atoms with E-state index in [0.717, 1.165) is 10.5 Å². The van der Waals surface area contributed by atoms with Gasteiger partial charge in [0.05, 0.1) is 10.8 Å². The van der Waals surface area contributed by atoms with E-state index in [1.807, 2.05) is 66.7 Å². The molecule has 0 bridgehead atoms. The fourth-order valence-electron chi connectivity index (χ4n) is 1.36. The molecule has 0 amide bonds. The molecule has 2 heteroatoms. The number of hydrogen-bond donors (Lipinski definition) is 0. The first kappa shape index (κ1) is 11.6. The van der Waals surface area contributed by atoms with Gasteiger partial charge in [-0.2, -0.15) is 0 Å². The lowest BCUT2D eigenvalue weighted by Crippen LogP contribution is -1.83.